The summed E-state index contributed by atoms with van der Waals surface area (Å²) in [4.78, 5) is 33.5. The van der Waals surface area contributed by atoms with Gasteiger partial charge in [0.1, 0.15) is 0 Å². The zero-order valence-corrected chi connectivity index (χ0v) is 19.8. The standard InChI is InChI=1S/C27H35N3O3/c1-3-33-26(32)23-25(31)30(21-13-5-4-12-20(21)28-23)27(2)16-22-19(27)14-15-29(22)24-17-8-6-9-18(24)11-7-10-17/h4-5,12-13,17-19,22,24H,3,6-11,14-16H2,1-2H3/t17?,18?,19?,22-,24?,27+/m1/s1. The van der Waals surface area contributed by atoms with Gasteiger partial charge in [-0.3, -0.25) is 14.3 Å². The molecule has 0 amide bonds. The molecule has 2 aromatic rings. The molecule has 6 heteroatoms. The molecule has 6 nitrogen and oxygen atoms in total. The first-order valence-corrected chi connectivity index (χ1v) is 13.0. The van der Waals surface area contributed by atoms with Gasteiger partial charge < -0.3 is 4.74 Å². The van der Waals surface area contributed by atoms with Gasteiger partial charge in [-0.05, 0) is 88.8 Å². The summed E-state index contributed by atoms with van der Waals surface area (Å²) < 4.78 is 7.08. The molecule has 6 rings (SSSR count). The number of hydrogen-bond acceptors (Lipinski definition) is 5. The normalized spacial score (nSPS) is 35.8. The zero-order chi connectivity index (χ0) is 22.7. The van der Waals surface area contributed by atoms with Crippen molar-refractivity contribution in [2.75, 3.05) is 13.2 Å². The van der Waals surface area contributed by atoms with Gasteiger partial charge in [-0.2, -0.15) is 0 Å². The number of para-hydroxylation sites is 2. The molecule has 1 unspecified atom stereocenters. The summed E-state index contributed by atoms with van der Waals surface area (Å²) in [7, 11) is 0. The van der Waals surface area contributed by atoms with Crippen LogP contribution in [0.1, 0.15) is 75.7 Å². The topological polar surface area (TPSA) is 64.4 Å². The van der Waals surface area contributed by atoms with E-state index in [2.05, 4.69) is 16.8 Å². The van der Waals surface area contributed by atoms with Gasteiger partial charge in [0, 0.05) is 12.1 Å². The summed E-state index contributed by atoms with van der Waals surface area (Å²) in [6.45, 7) is 5.35. The number of ether oxygens (including phenoxy) is 1. The summed E-state index contributed by atoms with van der Waals surface area (Å²) in [5, 5.41) is 0. The number of likely N-dealkylation sites (tertiary alicyclic amines) is 1. The first-order chi connectivity index (χ1) is 16.0. The summed E-state index contributed by atoms with van der Waals surface area (Å²) >= 11 is 0. The van der Waals surface area contributed by atoms with Gasteiger partial charge in [0.2, 0.25) is 5.69 Å². The van der Waals surface area contributed by atoms with Crippen LogP contribution < -0.4 is 5.56 Å². The van der Waals surface area contributed by atoms with E-state index in [9.17, 15) is 9.59 Å². The quantitative estimate of drug-likeness (QED) is 0.650. The minimum absolute atomic E-state index is 0.0862. The van der Waals surface area contributed by atoms with Crippen LogP contribution in [0, 0.1) is 17.8 Å². The number of rotatable bonds is 4. The largest absolute Gasteiger partial charge is 0.461 e. The molecule has 3 aliphatic carbocycles. The van der Waals surface area contributed by atoms with Crippen molar-refractivity contribution in [2.24, 2.45) is 17.8 Å². The zero-order valence-electron chi connectivity index (χ0n) is 19.8. The maximum absolute atomic E-state index is 13.7. The van der Waals surface area contributed by atoms with Crippen LogP contribution >= 0.6 is 0 Å². The van der Waals surface area contributed by atoms with E-state index in [4.69, 9.17) is 4.74 Å². The predicted octanol–water partition coefficient (Wildman–Crippen LogP) is 4.35. The molecule has 3 atom stereocenters. The van der Waals surface area contributed by atoms with Crippen LogP contribution in [0.5, 0.6) is 0 Å². The van der Waals surface area contributed by atoms with E-state index in [0.29, 0.717) is 17.5 Å². The van der Waals surface area contributed by atoms with Crippen molar-refractivity contribution >= 4 is 17.0 Å². The molecule has 2 bridgehead atoms. The third-order valence-electron chi connectivity index (χ3n) is 9.40. The molecule has 1 saturated heterocycles. The molecule has 0 N–H and O–H groups in total. The van der Waals surface area contributed by atoms with Crippen LogP contribution in [0.2, 0.25) is 0 Å². The smallest absolute Gasteiger partial charge is 0.362 e. The van der Waals surface area contributed by atoms with Gasteiger partial charge in [-0.1, -0.05) is 25.0 Å². The fourth-order valence-corrected chi connectivity index (χ4v) is 8.06. The first kappa shape index (κ1) is 21.3. The van der Waals surface area contributed by atoms with Gasteiger partial charge in [0.15, 0.2) is 0 Å². The van der Waals surface area contributed by atoms with Crippen LogP contribution in [0.3, 0.4) is 0 Å². The van der Waals surface area contributed by atoms with Crippen molar-refractivity contribution in [1.29, 1.82) is 0 Å². The molecule has 4 fully saturated rings. The van der Waals surface area contributed by atoms with Gasteiger partial charge in [-0.25, -0.2) is 9.78 Å². The molecule has 0 spiro atoms. The SMILES string of the molecule is CCOC(=O)c1nc2ccccc2n([C@@]2(C)C[C@@H]3C2CCN3C2C3CCCC2CCC3)c1=O. The van der Waals surface area contributed by atoms with E-state index in [-0.39, 0.29) is 23.4 Å². The molecule has 4 aliphatic rings. The maximum atomic E-state index is 13.7. The Morgan fingerprint density at radius 3 is 2.52 bits per heavy atom. The van der Waals surface area contributed by atoms with Crippen LogP contribution in [0.25, 0.3) is 11.0 Å². The first-order valence-electron chi connectivity index (χ1n) is 13.0. The number of carbonyl (C=O) groups is 1. The van der Waals surface area contributed by atoms with Crippen molar-refractivity contribution in [2.45, 2.75) is 82.8 Å². The average Bonchev–Trinajstić information content (AvgIpc) is 3.16. The lowest BCUT2D eigenvalue weighted by atomic mass is 9.62. The van der Waals surface area contributed by atoms with Gasteiger partial charge in [0.05, 0.1) is 23.2 Å². The second kappa shape index (κ2) is 7.93. The van der Waals surface area contributed by atoms with Crippen LogP contribution in [0.4, 0.5) is 0 Å². The highest BCUT2D eigenvalue weighted by Crippen LogP contribution is 2.56. The van der Waals surface area contributed by atoms with Gasteiger partial charge in [0.25, 0.3) is 5.56 Å². The molecule has 33 heavy (non-hydrogen) atoms. The van der Waals surface area contributed by atoms with Crippen LogP contribution in [0.15, 0.2) is 29.1 Å². The molecule has 1 aliphatic heterocycles. The molecule has 1 aromatic heterocycles. The van der Waals surface area contributed by atoms with E-state index in [1.54, 1.807) is 6.92 Å². The second-order valence-corrected chi connectivity index (χ2v) is 10.9. The Bertz CT molecular complexity index is 1120. The Balaban J connectivity index is 1.37. The fraction of sp³-hybridized carbons (Fsp3) is 0.667. The third-order valence-corrected chi connectivity index (χ3v) is 9.40. The van der Waals surface area contributed by atoms with E-state index in [0.717, 1.165) is 42.8 Å². The Kier molecular flexibility index (Phi) is 5.13. The predicted molar refractivity (Wildman–Crippen MR) is 127 cm³/mol. The maximum Gasteiger partial charge on any atom is 0.362 e. The highest BCUT2D eigenvalue weighted by molar-refractivity contribution is 5.89. The summed E-state index contributed by atoms with van der Waals surface area (Å²) in [6, 6.07) is 9.00. The Morgan fingerprint density at radius 1 is 1.12 bits per heavy atom. The molecular weight excluding hydrogens is 414 g/mol. The van der Waals surface area contributed by atoms with Gasteiger partial charge in [-0.15, -0.1) is 0 Å². The number of benzene rings is 1. The minimum Gasteiger partial charge on any atom is -0.461 e. The van der Waals surface area contributed by atoms with Crippen molar-refractivity contribution < 1.29 is 9.53 Å². The lowest BCUT2D eigenvalue weighted by molar-refractivity contribution is -0.0593. The number of hydrogen-bond donors (Lipinski definition) is 0. The molecule has 1 aromatic carbocycles. The molecular formula is C27H35N3O3. The Labute approximate surface area is 195 Å². The lowest BCUT2D eigenvalue weighted by Gasteiger charge is -2.57. The van der Waals surface area contributed by atoms with E-state index < -0.39 is 5.97 Å². The Morgan fingerprint density at radius 2 is 1.82 bits per heavy atom. The number of nitrogens with zero attached hydrogens (tertiary/aromatic N) is 3. The van der Waals surface area contributed by atoms with Crippen molar-refractivity contribution in [1.82, 2.24) is 14.5 Å². The molecule has 0 radical (unpaired) electrons. The fourth-order valence-electron chi connectivity index (χ4n) is 8.06. The van der Waals surface area contributed by atoms with Crippen LogP contribution in [-0.4, -0.2) is 45.7 Å². The highest BCUT2D eigenvalue weighted by Gasteiger charge is 2.60. The monoisotopic (exact) mass is 449 g/mol. The number of carbonyl (C=O) groups excluding carboxylic acids is 1. The summed E-state index contributed by atoms with van der Waals surface area (Å²) in [5.74, 6) is 1.54. The van der Waals surface area contributed by atoms with Crippen molar-refractivity contribution in [3.8, 4) is 0 Å². The highest BCUT2D eigenvalue weighted by atomic mass is 16.5. The Hall–Kier alpha value is -2.21. The van der Waals surface area contributed by atoms with Crippen molar-refractivity contribution in [3.63, 3.8) is 0 Å². The van der Waals surface area contributed by atoms with Crippen LogP contribution in [-0.2, 0) is 10.3 Å². The summed E-state index contributed by atoms with van der Waals surface area (Å²) in [5.41, 5.74) is 0.813. The lowest BCUT2D eigenvalue weighted by Crippen LogP contribution is -2.64. The van der Waals surface area contributed by atoms with Crippen molar-refractivity contribution in [3.05, 3.63) is 40.3 Å². The average molecular weight is 450 g/mol. The number of fused-ring (bicyclic) bond motifs is 4. The molecule has 3 saturated carbocycles. The number of esters is 1. The second-order valence-electron chi connectivity index (χ2n) is 10.9. The summed E-state index contributed by atoms with van der Waals surface area (Å²) in [6.07, 6.45) is 10.5. The van der Waals surface area contributed by atoms with Gasteiger partial charge >= 0.3 is 5.97 Å². The van der Waals surface area contributed by atoms with E-state index >= 15 is 0 Å². The number of aromatic nitrogens is 2. The minimum atomic E-state index is -0.621. The van der Waals surface area contributed by atoms with E-state index in [1.165, 1.54) is 38.5 Å². The molecule has 176 valence electrons. The molecule has 2 heterocycles. The third kappa shape index (κ3) is 3.13. The van der Waals surface area contributed by atoms with E-state index in [1.807, 2.05) is 28.8 Å².